The van der Waals surface area contributed by atoms with Crippen LogP contribution in [0.25, 0.3) is 26.7 Å². The summed E-state index contributed by atoms with van der Waals surface area (Å²) in [5.41, 5.74) is 0.0183. The second-order valence-electron chi connectivity index (χ2n) is 6.54. The van der Waals surface area contributed by atoms with Gasteiger partial charge in [-0.1, -0.05) is 23.2 Å². The van der Waals surface area contributed by atoms with E-state index in [4.69, 9.17) is 27.6 Å². The van der Waals surface area contributed by atoms with Crippen molar-refractivity contribution in [1.82, 2.24) is 4.98 Å². The molecule has 4 rings (SSSR count). The minimum atomic E-state index is -3.97. The van der Waals surface area contributed by atoms with Gasteiger partial charge in [-0.2, -0.15) is 15.8 Å². The molecular formula is C20H12Cl2F2N3NaO5S. The third-order valence-electron chi connectivity index (χ3n) is 4.64. The number of carbonyl (C=O) groups is 1. The first-order valence-electron chi connectivity index (χ1n) is 9.03. The van der Waals surface area contributed by atoms with Crippen molar-refractivity contribution in [2.75, 3.05) is 12.4 Å². The number of nitrogens with zero attached hydrogens (tertiary/aromatic N) is 2. The molecule has 0 atom stereocenters. The van der Waals surface area contributed by atoms with Crippen LogP contribution in [-0.4, -0.2) is 33.0 Å². The minimum Gasteiger partial charge on any atom is -0.547 e. The molecule has 8 nitrogen and oxygen atoms in total. The predicted octanol–water partition coefficient (Wildman–Crippen LogP) is 2.84. The van der Waals surface area contributed by atoms with Crippen LogP contribution in [0.3, 0.4) is 0 Å². The van der Waals surface area contributed by atoms with Crippen LogP contribution in [-0.2, 0) is 10.0 Å². The van der Waals surface area contributed by atoms with Crippen molar-refractivity contribution in [3.8, 4) is 5.75 Å². The van der Waals surface area contributed by atoms with Crippen molar-refractivity contribution in [3.63, 3.8) is 0 Å². The van der Waals surface area contributed by atoms with Gasteiger partial charge in [0, 0.05) is 28.1 Å². The smallest absolute Gasteiger partial charge is 0.547 e. The number of carbonyl (C=O) groups excluding carboxylic acids is 1. The molecule has 0 aliphatic heterocycles. The van der Waals surface area contributed by atoms with Crippen LogP contribution in [0, 0.1) is 0 Å². The second kappa shape index (κ2) is 10.3. The quantitative estimate of drug-likeness (QED) is 0.378. The van der Waals surface area contributed by atoms with Crippen LogP contribution >= 0.6 is 23.2 Å². The number of sulfonamides is 1. The van der Waals surface area contributed by atoms with Gasteiger partial charge in [-0.05, 0) is 30.3 Å². The molecule has 4 aromatic rings. The van der Waals surface area contributed by atoms with Crippen molar-refractivity contribution < 1.29 is 60.7 Å². The Kier molecular flexibility index (Phi) is 8.08. The number of furan rings is 1. The number of hydrogen-bond acceptors (Lipinski definition) is 6. The number of ether oxygens (including phenoxy) is 1. The molecule has 1 amide bonds. The fourth-order valence-electron chi connectivity index (χ4n) is 3.19. The first kappa shape index (κ1) is 26.6. The molecule has 2 aromatic carbocycles. The van der Waals surface area contributed by atoms with Crippen LogP contribution in [0.1, 0.15) is 10.4 Å². The topological polar surface area (TPSA) is 113 Å². The van der Waals surface area contributed by atoms with E-state index in [1.807, 2.05) is 0 Å². The molecule has 0 saturated heterocycles. The Labute approximate surface area is 223 Å². The Morgan fingerprint density at radius 1 is 1.18 bits per heavy atom. The molecule has 0 radical (unpaired) electrons. The number of halogens is 4. The molecule has 0 bridgehead atoms. The average Bonchev–Trinajstić information content (AvgIpc) is 3.15. The minimum absolute atomic E-state index is 0. The summed E-state index contributed by atoms with van der Waals surface area (Å²) < 4.78 is 63.8. The van der Waals surface area contributed by atoms with E-state index in [1.165, 1.54) is 36.7 Å². The number of hydrogen-bond donors (Lipinski definition) is 1. The van der Waals surface area contributed by atoms with Gasteiger partial charge in [-0.25, -0.2) is 8.42 Å². The standard InChI is InChI=1S/C20H12Cl2F2N3O5S.Na/c1-25-33(29,30)9-2-4-14-11(6-9)16-10(3-5-15(18(16)31-14)32-20(23)24)19(28)27-17-12(21)7-26-8-13(17)22;/h2-8,20H,1H3,(H,26,27,28);/q-1;+1. The molecule has 172 valence electrons. The molecule has 14 heteroatoms. The first-order valence-corrected chi connectivity index (χ1v) is 11.2. The summed E-state index contributed by atoms with van der Waals surface area (Å²) in [5.74, 6) is -1.05. The molecule has 0 fully saturated rings. The molecular weight excluding hydrogens is 526 g/mol. The zero-order chi connectivity index (χ0) is 23.9. The van der Waals surface area contributed by atoms with E-state index < -0.39 is 22.5 Å². The Bertz CT molecular complexity index is 1500. The zero-order valence-electron chi connectivity index (χ0n) is 17.5. The van der Waals surface area contributed by atoms with E-state index in [9.17, 15) is 22.0 Å². The van der Waals surface area contributed by atoms with Crippen molar-refractivity contribution >= 4 is 66.8 Å². The van der Waals surface area contributed by atoms with Gasteiger partial charge in [0.15, 0.2) is 11.3 Å². The van der Waals surface area contributed by atoms with Gasteiger partial charge in [0.25, 0.3) is 5.91 Å². The molecule has 0 saturated carbocycles. The number of amides is 1. The number of alkyl halides is 2. The SMILES string of the molecule is C[N-]S(=O)(=O)c1ccc2oc3c(OC(F)F)ccc(C(=O)Nc4c(Cl)cncc4Cl)c3c2c1.[Na+]. The number of rotatable bonds is 6. The molecule has 1 N–H and O–H groups in total. The summed E-state index contributed by atoms with van der Waals surface area (Å²) >= 11 is 12.1. The number of nitrogens with one attached hydrogen (secondary N) is 1. The molecule has 0 aliphatic rings. The number of pyridine rings is 1. The van der Waals surface area contributed by atoms with Crippen LogP contribution < -0.4 is 39.6 Å². The zero-order valence-corrected chi connectivity index (χ0v) is 21.8. The predicted molar refractivity (Wildman–Crippen MR) is 119 cm³/mol. The van der Waals surface area contributed by atoms with E-state index >= 15 is 0 Å². The third-order valence-corrected chi connectivity index (χ3v) is 6.55. The van der Waals surface area contributed by atoms with Gasteiger partial charge in [0.2, 0.25) is 0 Å². The summed E-state index contributed by atoms with van der Waals surface area (Å²) in [6.45, 7) is -3.16. The summed E-state index contributed by atoms with van der Waals surface area (Å²) in [7, 11) is -2.85. The maximum absolute atomic E-state index is 13.1. The Morgan fingerprint density at radius 2 is 1.85 bits per heavy atom. The Morgan fingerprint density at radius 3 is 2.47 bits per heavy atom. The third kappa shape index (κ3) is 5.01. The number of aromatic nitrogens is 1. The van der Waals surface area contributed by atoms with Crippen LogP contribution in [0.5, 0.6) is 5.75 Å². The Balaban J connectivity index is 0.00000324. The number of benzene rings is 2. The average molecular weight is 538 g/mol. The maximum atomic E-state index is 13.1. The summed E-state index contributed by atoms with van der Waals surface area (Å²) in [4.78, 5) is 16.8. The largest absolute Gasteiger partial charge is 1.00 e. The monoisotopic (exact) mass is 537 g/mol. The number of fused-ring (bicyclic) bond motifs is 3. The fraction of sp³-hybridized carbons (Fsp3) is 0.100. The second-order valence-corrected chi connectivity index (χ2v) is 9.14. The van der Waals surface area contributed by atoms with Crippen molar-refractivity contribution in [3.05, 3.63) is 63.1 Å². The molecule has 0 aliphatic carbocycles. The van der Waals surface area contributed by atoms with Gasteiger partial charge in [0.05, 0.1) is 21.3 Å². The summed E-state index contributed by atoms with van der Waals surface area (Å²) in [6, 6.07) is 6.19. The summed E-state index contributed by atoms with van der Waals surface area (Å²) in [6.07, 6.45) is 2.55. The van der Waals surface area contributed by atoms with Crippen molar-refractivity contribution in [2.45, 2.75) is 11.5 Å². The molecule has 34 heavy (non-hydrogen) atoms. The molecule has 0 spiro atoms. The van der Waals surface area contributed by atoms with Crippen molar-refractivity contribution in [1.29, 1.82) is 0 Å². The molecule has 2 heterocycles. The van der Waals surface area contributed by atoms with E-state index in [-0.39, 0.29) is 83.4 Å². The van der Waals surface area contributed by atoms with Gasteiger partial charge in [0.1, 0.15) is 15.6 Å². The first-order chi connectivity index (χ1) is 15.6. The van der Waals surface area contributed by atoms with Crippen LogP contribution in [0.2, 0.25) is 10.0 Å². The van der Waals surface area contributed by atoms with E-state index in [1.54, 1.807) is 0 Å². The molecule has 2 aromatic heterocycles. The van der Waals surface area contributed by atoms with Crippen LogP contribution in [0.15, 0.2) is 52.0 Å². The van der Waals surface area contributed by atoms with Gasteiger partial charge < -0.3 is 19.2 Å². The summed E-state index contributed by atoms with van der Waals surface area (Å²) in [5, 5.41) is 2.91. The van der Waals surface area contributed by atoms with E-state index in [2.05, 4.69) is 19.8 Å². The van der Waals surface area contributed by atoms with Gasteiger partial charge in [-0.15, -0.1) is 0 Å². The number of anilines is 1. The normalized spacial score (nSPS) is 11.6. The van der Waals surface area contributed by atoms with E-state index in [0.29, 0.717) is 0 Å². The van der Waals surface area contributed by atoms with E-state index in [0.717, 1.165) is 13.1 Å². The van der Waals surface area contributed by atoms with Crippen LogP contribution in [0.4, 0.5) is 14.5 Å². The Hall–Kier alpha value is -1.99. The maximum Gasteiger partial charge on any atom is 1.00 e. The van der Waals surface area contributed by atoms with Gasteiger partial charge in [-0.3, -0.25) is 9.78 Å². The van der Waals surface area contributed by atoms with Gasteiger partial charge >= 0.3 is 36.2 Å². The van der Waals surface area contributed by atoms with Crippen molar-refractivity contribution in [2.24, 2.45) is 0 Å². The molecule has 0 unspecified atom stereocenters. The fourth-order valence-corrected chi connectivity index (χ4v) is 4.37.